The van der Waals surface area contributed by atoms with Crippen LogP contribution < -0.4 is 16.0 Å². The number of nitrogens with one attached hydrogen (secondary N) is 1. The first-order valence-electron chi connectivity index (χ1n) is 8.33. The summed E-state index contributed by atoms with van der Waals surface area (Å²) in [5.41, 5.74) is 6.89. The third-order valence-corrected chi connectivity index (χ3v) is 4.04. The van der Waals surface area contributed by atoms with Crippen LogP contribution in [0.25, 0.3) is 0 Å². The summed E-state index contributed by atoms with van der Waals surface area (Å²) in [6.45, 7) is 8.23. The van der Waals surface area contributed by atoms with Crippen molar-refractivity contribution in [1.29, 1.82) is 0 Å². The van der Waals surface area contributed by atoms with Crippen molar-refractivity contribution in [2.75, 3.05) is 11.4 Å². The molecule has 1 aromatic rings. The van der Waals surface area contributed by atoms with E-state index < -0.39 is 11.7 Å². The first kappa shape index (κ1) is 18.1. The first-order valence-corrected chi connectivity index (χ1v) is 8.33. The van der Waals surface area contributed by atoms with E-state index >= 15 is 0 Å². The van der Waals surface area contributed by atoms with E-state index in [1.807, 2.05) is 56.9 Å². The summed E-state index contributed by atoms with van der Waals surface area (Å²) >= 11 is 0. The molecule has 132 valence electrons. The van der Waals surface area contributed by atoms with E-state index in [9.17, 15) is 9.59 Å². The second-order valence-corrected chi connectivity index (χ2v) is 7.21. The summed E-state index contributed by atoms with van der Waals surface area (Å²) < 4.78 is 5.27. The summed E-state index contributed by atoms with van der Waals surface area (Å²) in [5, 5.41) is 2.82. The SMILES string of the molecule is C[C@H](NC(=O)OC(C)(C)C)c1ccc(N2CCC[C@H]2C(N)=O)cc1. The molecule has 6 nitrogen and oxygen atoms in total. The molecule has 1 aromatic carbocycles. The molecule has 0 aliphatic carbocycles. The van der Waals surface area contributed by atoms with Crippen LogP contribution in [0.3, 0.4) is 0 Å². The Morgan fingerprint density at radius 3 is 2.46 bits per heavy atom. The number of hydrogen-bond donors (Lipinski definition) is 2. The molecule has 0 radical (unpaired) electrons. The highest BCUT2D eigenvalue weighted by atomic mass is 16.6. The molecule has 1 fully saturated rings. The fraction of sp³-hybridized carbons (Fsp3) is 0.556. The fourth-order valence-corrected chi connectivity index (χ4v) is 2.89. The maximum absolute atomic E-state index is 11.8. The predicted molar refractivity (Wildman–Crippen MR) is 93.8 cm³/mol. The average molecular weight is 333 g/mol. The zero-order chi connectivity index (χ0) is 17.9. The lowest BCUT2D eigenvalue weighted by atomic mass is 10.1. The van der Waals surface area contributed by atoms with Crippen LogP contribution in [-0.4, -0.2) is 30.2 Å². The van der Waals surface area contributed by atoms with Crippen LogP contribution in [0.15, 0.2) is 24.3 Å². The molecule has 2 amide bonds. The van der Waals surface area contributed by atoms with Gasteiger partial charge in [0, 0.05) is 12.2 Å². The van der Waals surface area contributed by atoms with Gasteiger partial charge in [-0.05, 0) is 58.2 Å². The molecular formula is C18H27N3O3. The first-order chi connectivity index (χ1) is 11.2. The number of ether oxygens (including phenoxy) is 1. The molecule has 1 aliphatic rings. The maximum Gasteiger partial charge on any atom is 0.408 e. The molecule has 0 unspecified atom stereocenters. The van der Waals surface area contributed by atoms with Crippen molar-refractivity contribution in [2.24, 2.45) is 5.73 Å². The van der Waals surface area contributed by atoms with E-state index in [0.717, 1.165) is 30.6 Å². The lowest BCUT2D eigenvalue weighted by molar-refractivity contribution is -0.119. The minimum Gasteiger partial charge on any atom is -0.444 e. The lowest BCUT2D eigenvalue weighted by Crippen LogP contribution is -2.40. The summed E-state index contributed by atoms with van der Waals surface area (Å²) in [4.78, 5) is 25.4. The molecule has 3 N–H and O–H groups in total. The number of benzene rings is 1. The lowest BCUT2D eigenvalue weighted by Gasteiger charge is -2.25. The highest BCUT2D eigenvalue weighted by Crippen LogP contribution is 2.27. The standard InChI is InChI=1S/C18H27N3O3/c1-12(20-17(23)24-18(2,3)4)13-7-9-14(10-8-13)21-11-5-6-15(21)16(19)22/h7-10,12,15H,5-6,11H2,1-4H3,(H2,19,22)(H,20,23)/t12-,15-/m0/s1. The van der Waals surface area contributed by atoms with Crippen LogP contribution in [0.2, 0.25) is 0 Å². The van der Waals surface area contributed by atoms with Gasteiger partial charge in [-0.15, -0.1) is 0 Å². The van der Waals surface area contributed by atoms with Gasteiger partial charge >= 0.3 is 6.09 Å². The molecular weight excluding hydrogens is 306 g/mol. The Bertz CT molecular complexity index is 593. The van der Waals surface area contributed by atoms with Crippen LogP contribution >= 0.6 is 0 Å². The topological polar surface area (TPSA) is 84.7 Å². The van der Waals surface area contributed by atoms with Gasteiger partial charge in [-0.25, -0.2) is 4.79 Å². The Balaban J connectivity index is 2.01. The summed E-state index contributed by atoms with van der Waals surface area (Å²) in [5.74, 6) is -0.281. The number of alkyl carbamates (subject to hydrolysis) is 1. The number of amides is 2. The van der Waals surface area contributed by atoms with Crippen LogP contribution in [0, 0.1) is 0 Å². The molecule has 1 heterocycles. The molecule has 0 saturated carbocycles. The van der Waals surface area contributed by atoms with Gasteiger partial charge in [0.2, 0.25) is 5.91 Å². The van der Waals surface area contributed by atoms with Gasteiger partial charge in [0.05, 0.1) is 6.04 Å². The zero-order valence-corrected chi connectivity index (χ0v) is 14.8. The summed E-state index contributed by atoms with van der Waals surface area (Å²) in [6, 6.07) is 7.43. The second-order valence-electron chi connectivity index (χ2n) is 7.21. The molecule has 2 rings (SSSR count). The summed E-state index contributed by atoms with van der Waals surface area (Å²) in [6.07, 6.45) is 1.33. The quantitative estimate of drug-likeness (QED) is 0.887. The molecule has 0 bridgehead atoms. The Morgan fingerprint density at radius 1 is 1.29 bits per heavy atom. The number of nitrogens with zero attached hydrogens (tertiary/aromatic N) is 1. The van der Waals surface area contributed by atoms with Gasteiger partial charge in [-0.2, -0.15) is 0 Å². The number of carbonyl (C=O) groups is 2. The number of nitrogens with two attached hydrogens (primary N) is 1. The van der Waals surface area contributed by atoms with Gasteiger partial charge in [0.25, 0.3) is 0 Å². The number of anilines is 1. The average Bonchev–Trinajstić information content (AvgIpc) is 2.94. The van der Waals surface area contributed by atoms with Gasteiger partial charge in [0.15, 0.2) is 0 Å². The monoisotopic (exact) mass is 333 g/mol. The minimum atomic E-state index is -0.521. The smallest absolute Gasteiger partial charge is 0.408 e. The van der Waals surface area contributed by atoms with Gasteiger partial charge in [-0.3, -0.25) is 4.79 Å². The van der Waals surface area contributed by atoms with E-state index in [1.54, 1.807) is 0 Å². The third kappa shape index (κ3) is 4.63. The molecule has 24 heavy (non-hydrogen) atoms. The molecule has 1 saturated heterocycles. The van der Waals surface area contributed by atoms with Crippen LogP contribution in [0.1, 0.15) is 52.1 Å². The number of rotatable bonds is 4. The van der Waals surface area contributed by atoms with Crippen molar-refractivity contribution in [3.8, 4) is 0 Å². The van der Waals surface area contributed by atoms with Gasteiger partial charge < -0.3 is 20.7 Å². The molecule has 2 atom stereocenters. The van der Waals surface area contributed by atoms with Crippen LogP contribution in [-0.2, 0) is 9.53 Å². The highest BCUT2D eigenvalue weighted by molar-refractivity contribution is 5.84. The Kier molecular flexibility index (Phi) is 5.36. The predicted octanol–water partition coefficient (Wildman–Crippen LogP) is 2.73. The van der Waals surface area contributed by atoms with Crippen molar-refractivity contribution in [3.63, 3.8) is 0 Å². The van der Waals surface area contributed by atoms with E-state index in [1.165, 1.54) is 0 Å². The highest BCUT2D eigenvalue weighted by Gasteiger charge is 2.29. The van der Waals surface area contributed by atoms with Gasteiger partial charge in [0.1, 0.15) is 11.6 Å². The third-order valence-electron chi connectivity index (χ3n) is 4.04. The van der Waals surface area contributed by atoms with Gasteiger partial charge in [-0.1, -0.05) is 12.1 Å². The van der Waals surface area contributed by atoms with Crippen molar-refractivity contribution in [3.05, 3.63) is 29.8 Å². The van der Waals surface area contributed by atoms with Crippen LogP contribution in [0.5, 0.6) is 0 Å². The molecule has 6 heteroatoms. The van der Waals surface area contributed by atoms with Crippen molar-refractivity contribution in [2.45, 2.75) is 58.2 Å². The second kappa shape index (κ2) is 7.11. The van der Waals surface area contributed by atoms with E-state index in [0.29, 0.717) is 0 Å². The number of carbonyl (C=O) groups excluding carboxylic acids is 2. The summed E-state index contributed by atoms with van der Waals surface area (Å²) in [7, 11) is 0. The van der Waals surface area contributed by atoms with Crippen molar-refractivity contribution in [1.82, 2.24) is 5.32 Å². The van der Waals surface area contributed by atoms with Crippen molar-refractivity contribution >= 4 is 17.7 Å². The molecule has 0 spiro atoms. The number of hydrogen-bond acceptors (Lipinski definition) is 4. The van der Waals surface area contributed by atoms with Crippen molar-refractivity contribution < 1.29 is 14.3 Å². The molecule has 1 aliphatic heterocycles. The van der Waals surface area contributed by atoms with Crippen LogP contribution in [0.4, 0.5) is 10.5 Å². The number of primary amides is 1. The van der Waals surface area contributed by atoms with E-state index in [4.69, 9.17) is 10.5 Å². The Labute approximate surface area is 143 Å². The largest absolute Gasteiger partial charge is 0.444 e. The minimum absolute atomic E-state index is 0.167. The Morgan fingerprint density at radius 2 is 1.92 bits per heavy atom. The normalized spacial score (nSPS) is 19.0. The maximum atomic E-state index is 11.8. The Hall–Kier alpha value is -2.24. The van der Waals surface area contributed by atoms with E-state index in [2.05, 4.69) is 5.32 Å². The fourth-order valence-electron chi connectivity index (χ4n) is 2.89. The zero-order valence-electron chi connectivity index (χ0n) is 14.8. The van der Waals surface area contributed by atoms with E-state index in [-0.39, 0.29) is 18.0 Å². The molecule has 0 aromatic heterocycles.